The van der Waals surface area contributed by atoms with Crippen molar-refractivity contribution >= 4 is 5.91 Å². The largest absolute Gasteiger partial charge is 0.366 e. The predicted molar refractivity (Wildman–Crippen MR) is 65.5 cm³/mol. The van der Waals surface area contributed by atoms with Gasteiger partial charge >= 0.3 is 0 Å². The third kappa shape index (κ3) is 3.84. The topological polar surface area (TPSA) is 72.6 Å². The molecule has 17 heavy (non-hydrogen) atoms. The predicted octanol–water partition coefficient (Wildman–Crippen LogP) is 1.90. The molecule has 1 rings (SSSR count). The van der Waals surface area contributed by atoms with Crippen LogP contribution in [0.1, 0.15) is 48.5 Å². The summed E-state index contributed by atoms with van der Waals surface area (Å²) in [4.78, 5) is 11.0. The van der Waals surface area contributed by atoms with E-state index < -0.39 is 17.8 Å². The number of aliphatic hydroxyl groups excluding tert-OH is 1. The van der Waals surface area contributed by atoms with Crippen LogP contribution in [0.5, 0.6) is 0 Å². The molecule has 0 heterocycles. The second-order valence-electron chi connectivity index (χ2n) is 5.02. The van der Waals surface area contributed by atoms with Gasteiger partial charge in [-0.2, -0.15) is 0 Å². The van der Waals surface area contributed by atoms with E-state index in [1.807, 2.05) is 20.8 Å². The van der Waals surface area contributed by atoms with Crippen LogP contribution in [0.4, 0.5) is 0 Å². The van der Waals surface area contributed by atoms with E-state index in [0.29, 0.717) is 11.1 Å². The first-order chi connectivity index (χ1) is 7.70. The lowest BCUT2D eigenvalue weighted by Crippen LogP contribution is -2.23. The van der Waals surface area contributed by atoms with Gasteiger partial charge in [-0.25, -0.2) is 0 Å². The molecule has 1 unspecified atom stereocenters. The minimum Gasteiger partial charge on any atom is -0.366 e. The van der Waals surface area contributed by atoms with Gasteiger partial charge in [-0.3, -0.25) is 4.79 Å². The van der Waals surface area contributed by atoms with Crippen molar-refractivity contribution in [3.63, 3.8) is 0 Å². The van der Waals surface area contributed by atoms with Gasteiger partial charge < -0.3 is 15.6 Å². The summed E-state index contributed by atoms with van der Waals surface area (Å²) in [5.41, 5.74) is 6.59. The highest BCUT2D eigenvalue weighted by atomic mass is 16.6. The second kappa shape index (κ2) is 4.85. The van der Waals surface area contributed by atoms with Crippen LogP contribution in [0, 0.1) is 6.92 Å². The molecule has 0 aliphatic heterocycles. The van der Waals surface area contributed by atoms with E-state index in [-0.39, 0.29) is 0 Å². The molecule has 4 heteroatoms. The number of carbonyl (C=O) groups is 1. The van der Waals surface area contributed by atoms with Gasteiger partial charge in [0.1, 0.15) is 0 Å². The molecule has 0 aliphatic rings. The molecule has 0 saturated carbocycles. The maximum Gasteiger partial charge on any atom is 0.248 e. The number of rotatable bonds is 3. The molecule has 1 aromatic carbocycles. The van der Waals surface area contributed by atoms with E-state index in [1.54, 1.807) is 25.1 Å². The first kappa shape index (κ1) is 13.7. The Hall–Kier alpha value is -1.39. The molecule has 3 N–H and O–H groups in total. The molecule has 0 saturated heterocycles. The minimum atomic E-state index is -1.00. The van der Waals surface area contributed by atoms with Crippen LogP contribution in [0.15, 0.2) is 18.2 Å². The summed E-state index contributed by atoms with van der Waals surface area (Å²) in [5.74, 6) is -0.481. The van der Waals surface area contributed by atoms with E-state index in [1.165, 1.54) is 0 Å². The van der Waals surface area contributed by atoms with Crippen LogP contribution in [0.2, 0.25) is 0 Å². The highest BCUT2D eigenvalue weighted by Gasteiger charge is 2.19. The quantitative estimate of drug-likeness (QED) is 0.788. The molecule has 1 atom stereocenters. The van der Waals surface area contributed by atoms with Crippen LogP contribution in [-0.4, -0.2) is 16.6 Å². The Balaban J connectivity index is 2.96. The second-order valence-corrected chi connectivity index (χ2v) is 5.02. The number of hydrogen-bond acceptors (Lipinski definition) is 3. The fraction of sp³-hybridized carbons (Fsp3) is 0.462. The summed E-state index contributed by atoms with van der Waals surface area (Å²) in [6.45, 7) is 7.40. The summed E-state index contributed by atoms with van der Waals surface area (Å²) in [6.07, 6.45) is -1.00. The lowest BCUT2D eigenvalue weighted by atomic mass is 10.0. The summed E-state index contributed by atoms with van der Waals surface area (Å²) in [6, 6.07) is 4.89. The first-order valence-corrected chi connectivity index (χ1v) is 5.47. The average Bonchev–Trinajstić information content (AvgIpc) is 2.14. The highest BCUT2D eigenvalue weighted by Crippen LogP contribution is 2.24. The summed E-state index contributed by atoms with van der Waals surface area (Å²) in [5, 5.41) is 9.93. The Morgan fingerprint density at radius 2 is 2.00 bits per heavy atom. The Labute approximate surface area is 101 Å². The zero-order chi connectivity index (χ0) is 13.2. The molecule has 94 valence electrons. The maximum absolute atomic E-state index is 11.0. The van der Waals surface area contributed by atoms with Crippen LogP contribution < -0.4 is 5.73 Å². The Morgan fingerprint density at radius 3 is 2.41 bits per heavy atom. The third-order valence-electron chi connectivity index (χ3n) is 2.29. The van der Waals surface area contributed by atoms with Crippen molar-refractivity contribution in [2.75, 3.05) is 0 Å². The molecule has 0 spiro atoms. The summed E-state index contributed by atoms with van der Waals surface area (Å²) in [7, 11) is 0. The number of hydrogen-bond donors (Lipinski definition) is 2. The molecule has 0 fully saturated rings. The first-order valence-electron chi connectivity index (χ1n) is 5.47. The van der Waals surface area contributed by atoms with Crippen molar-refractivity contribution in [1.82, 2.24) is 0 Å². The van der Waals surface area contributed by atoms with Gasteiger partial charge in [-0.05, 0) is 45.4 Å². The number of benzene rings is 1. The van der Waals surface area contributed by atoms with Crippen LogP contribution in [-0.2, 0) is 4.74 Å². The minimum absolute atomic E-state index is 0.425. The van der Waals surface area contributed by atoms with Gasteiger partial charge in [-0.1, -0.05) is 6.07 Å². The smallest absolute Gasteiger partial charge is 0.248 e. The van der Waals surface area contributed by atoms with Crippen LogP contribution in [0.25, 0.3) is 0 Å². The molecule has 0 aliphatic carbocycles. The number of aliphatic hydroxyl groups is 1. The lowest BCUT2D eigenvalue weighted by Gasteiger charge is -2.25. The molecule has 0 aromatic heterocycles. The van der Waals surface area contributed by atoms with Crippen molar-refractivity contribution in [3.05, 3.63) is 34.9 Å². The fourth-order valence-corrected chi connectivity index (χ4v) is 1.50. The van der Waals surface area contributed by atoms with Crippen molar-refractivity contribution < 1.29 is 14.6 Å². The standard InChI is InChI=1S/C13H19NO3/c1-8-7-9(11(14)15)5-6-10(8)12(16)17-13(2,3)4/h5-7,12,16H,1-4H3,(H2,14,15). The normalized spacial score (nSPS) is 13.5. The van der Waals surface area contributed by atoms with Gasteiger partial charge in [0.25, 0.3) is 0 Å². The van der Waals surface area contributed by atoms with Crippen molar-refractivity contribution in [2.45, 2.75) is 39.6 Å². The Bertz CT molecular complexity index is 421. The summed E-state index contributed by atoms with van der Waals surface area (Å²) < 4.78 is 5.44. The molecule has 1 amide bonds. The van der Waals surface area contributed by atoms with Crippen LogP contribution in [0.3, 0.4) is 0 Å². The van der Waals surface area contributed by atoms with Crippen molar-refractivity contribution in [1.29, 1.82) is 0 Å². The monoisotopic (exact) mass is 237 g/mol. The highest BCUT2D eigenvalue weighted by molar-refractivity contribution is 5.93. The zero-order valence-electron chi connectivity index (χ0n) is 10.7. The van der Waals surface area contributed by atoms with E-state index in [9.17, 15) is 9.90 Å². The third-order valence-corrected chi connectivity index (χ3v) is 2.29. The fourth-order valence-electron chi connectivity index (χ4n) is 1.50. The number of amides is 1. The number of ether oxygens (including phenoxy) is 1. The number of carbonyl (C=O) groups excluding carboxylic acids is 1. The molecule has 0 radical (unpaired) electrons. The van der Waals surface area contributed by atoms with E-state index in [2.05, 4.69) is 0 Å². The van der Waals surface area contributed by atoms with E-state index in [0.717, 1.165) is 5.56 Å². The van der Waals surface area contributed by atoms with E-state index >= 15 is 0 Å². The van der Waals surface area contributed by atoms with Crippen LogP contribution >= 0.6 is 0 Å². The number of primary amides is 1. The Kier molecular flexibility index (Phi) is 3.91. The van der Waals surface area contributed by atoms with Gasteiger partial charge in [0.2, 0.25) is 5.91 Å². The lowest BCUT2D eigenvalue weighted by molar-refractivity contribution is -0.169. The number of aryl methyl sites for hydroxylation is 1. The van der Waals surface area contributed by atoms with E-state index in [4.69, 9.17) is 10.5 Å². The molecule has 4 nitrogen and oxygen atoms in total. The van der Waals surface area contributed by atoms with Crippen molar-refractivity contribution in [3.8, 4) is 0 Å². The average molecular weight is 237 g/mol. The van der Waals surface area contributed by atoms with Gasteiger partial charge in [-0.15, -0.1) is 0 Å². The molecular formula is C13H19NO3. The van der Waals surface area contributed by atoms with Gasteiger partial charge in [0.05, 0.1) is 5.60 Å². The number of nitrogens with two attached hydrogens (primary N) is 1. The maximum atomic E-state index is 11.0. The Morgan fingerprint density at radius 1 is 1.41 bits per heavy atom. The molecule has 0 bridgehead atoms. The summed E-state index contributed by atoms with van der Waals surface area (Å²) >= 11 is 0. The van der Waals surface area contributed by atoms with Gasteiger partial charge in [0.15, 0.2) is 6.29 Å². The molecular weight excluding hydrogens is 218 g/mol. The zero-order valence-corrected chi connectivity index (χ0v) is 10.7. The SMILES string of the molecule is Cc1cc(C(N)=O)ccc1C(O)OC(C)(C)C. The molecule has 1 aromatic rings. The van der Waals surface area contributed by atoms with Crippen molar-refractivity contribution in [2.24, 2.45) is 5.73 Å². The van der Waals surface area contributed by atoms with Gasteiger partial charge in [0, 0.05) is 11.1 Å².